The van der Waals surface area contributed by atoms with Gasteiger partial charge in [0.15, 0.2) is 5.69 Å². The van der Waals surface area contributed by atoms with Crippen molar-refractivity contribution < 1.29 is 31.9 Å². The van der Waals surface area contributed by atoms with Crippen LogP contribution >= 0.6 is 0 Å². The number of hydrogen-bond donors (Lipinski definition) is 2. The Balaban J connectivity index is 1.91. The molecule has 0 aliphatic carbocycles. The number of carbonyl (C=O) groups excluding carboxylic acids is 2. The minimum Gasteiger partial charge on any atom is -0.437 e. The highest BCUT2D eigenvalue weighted by Gasteiger charge is 2.35. The van der Waals surface area contributed by atoms with Crippen LogP contribution in [0.15, 0.2) is 24.3 Å². The van der Waals surface area contributed by atoms with Gasteiger partial charge >= 0.3 is 6.18 Å². The van der Waals surface area contributed by atoms with Gasteiger partial charge in [0, 0.05) is 19.0 Å². The molecule has 29 heavy (non-hydrogen) atoms. The third-order valence-electron chi connectivity index (χ3n) is 4.24. The summed E-state index contributed by atoms with van der Waals surface area (Å²) < 4.78 is 57.8. The lowest BCUT2D eigenvalue weighted by atomic mass is 10.1. The highest BCUT2D eigenvalue weighted by atomic mass is 19.4. The van der Waals surface area contributed by atoms with E-state index in [9.17, 15) is 27.2 Å². The quantitative estimate of drug-likeness (QED) is 0.754. The number of amides is 2. The van der Waals surface area contributed by atoms with Crippen LogP contribution in [0.2, 0.25) is 0 Å². The van der Waals surface area contributed by atoms with Crippen molar-refractivity contribution in [3.05, 3.63) is 46.9 Å². The predicted molar refractivity (Wildman–Crippen MR) is 91.7 cm³/mol. The Hall–Kier alpha value is -3.24. The van der Waals surface area contributed by atoms with E-state index >= 15 is 0 Å². The van der Waals surface area contributed by atoms with Crippen molar-refractivity contribution in [3.63, 3.8) is 0 Å². The first-order chi connectivity index (χ1) is 13.6. The Morgan fingerprint density at radius 3 is 2.66 bits per heavy atom. The minimum absolute atomic E-state index is 0.111. The number of aryl methyl sites for hydroxylation is 1. The molecule has 0 radical (unpaired) electrons. The van der Waals surface area contributed by atoms with E-state index in [2.05, 4.69) is 20.8 Å². The number of alkyl halides is 3. The highest BCUT2D eigenvalue weighted by Crippen LogP contribution is 2.32. The van der Waals surface area contributed by atoms with Crippen molar-refractivity contribution in [2.45, 2.75) is 32.0 Å². The Morgan fingerprint density at radius 1 is 1.28 bits per heavy atom. The molecular weight excluding hydrogens is 396 g/mol. The second-order valence-corrected chi connectivity index (χ2v) is 6.47. The predicted octanol–water partition coefficient (Wildman–Crippen LogP) is 2.74. The lowest BCUT2D eigenvalue weighted by Crippen LogP contribution is -2.47. The zero-order chi connectivity index (χ0) is 21.2. The van der Waals surface area contributed by atoms with Crippen LogP contribution < -0.4 is 15.4 Å². The topological polar surface area (TPSA) is 93.2 Å². The molecule has 2 aromatic rings. The van der Waals surface area contributed by atoms with Crippen LogP contribution in [0.4, 0.5) is 17.6 Å². The standard InChI is InChI=1S/C18H16F4N4O3/c1-9-6-10(19)2-4-13(9)29-17-12(7-14(25-26-17)18(20,21)22)16(28)24-11-3-5-15(27)23-8-11/h2,4,6-7,11H,3,5,8H2,1H3,(H,23,27)(H,24,28). The summed E-state index contributed by atoms with van der Waals surface area (Å²) in [4.78, 5) is 23.8. The summed E-state index contributed by atoms with van der Waals surface area (Å²) in [5.41, 5.74) is -1.48. The lowest BCUT2D eigenvalue weighted by molar-refractivity contribution is -0.141. The van der Waals surface area contributed by atoms with Crippen LogP contribution in [0.25, 0.3) is 0 Å². The molecule has 1 atom stereocenters. The normalized spacial score (nSPS) is 16.9. The number of halogens is 4. The Bertz CT molecular complexity index is 939. The molecule has 2 amide bonds. The van der Waals surface area contributed by atoms with Crippen molar-refractivity contribution in [1.82, 2.24) is 20.8 Å². The number of aromatic nitrogens is 2. The third kappa shape index (κ3) is 4.98. The Morgan fingerprint density at radius 2 is 2.03 bits per heavy atom. The molecule has 0 bridgehead atoms. The Kier molecular flexibility index (Phi) is 5.66. The van der Waals surface area contributed by atoms with E-state index in [0.717, 1.165) is 12.1 Å². The van der Waals surface area contributed by atoms with E-state index in [1.807, 2.05) is 0 Å². The van der Waals surface area contributed by atoms with Crippen molar-refractivity contribution >= 4 is 11.8 Å². The Labute approximate surface area is 162 Å². The number of rotatable bonds is 4. The number of nitrogens with zero attached hydrogens (tertiary/aromatic N) is 2. The molecule has 1 aliphatic rings. The molecule has 1 unspecified atom stereocenters. The number of nitrogens with one attached hydrogen (secondary N) is 2. The lowest BCUT2D eigenvalue weighted by Gasteiger charge is -2.23. The fourth-order valence-electron chi connectivity index (χ4n) is 2.71. The fourth-order valence-corrected chi connectivity index (χ4v) is 2.71. The number of hydrogen-bond acceptors (Lipinski definition) is 5. The molecular formula is C18H16F4N4O3. The van der Waals surface area contributed by atoms with Gasteiger partial charge < -0.3 is 15.4 Å². The van der Waals surface area contributed by atoms with Crippen LogP contribution in [0.3, 0.4) is 0 Å². The molecule has 11 heteroatoms. The monoisotopic (exact) mass is 412 g/mol. The van der Waals surface area contributed by atoms with Gasteiger partial charge in [0.05, 0.1) is 0 Å². The van der Waals surface area contributed by atoms with Crippen LogP contribution in [0, 0.1) is 12.7 Å². The van der Waals surface area contributed by atoms with E-state index in [-0.39, 0.29) is 24.6 Å². The van der Waals surface area contributed by atoms with Crippen molar-refractivity contribution in [2.24, 2.45) is 0 Å². The summed E-state index contributed by atoms with van der Waals surface area (Å²) in [5.74, 6) is -1.90. The summed E-state index contributed by atoms with van der Waals surface area (Å²) >= 11 is 0. The maximum absolute atomic E-state index is 13.3. The molecule has 1 saturated heterocycles. The minimum atomic E-state index is -4.81. The summed E-state index contributed by atoms with van der Waals surface area (Å²) in [6.45, 7) is 1.68. The maximum atomic E-state index is 13.3. The first-order valence-electron chi connectivity index (χ1n) is 8.60. The molecule has 154 valence electrons. The van der Waals surface area contributed by atoms with Crippen LogP contribution in [0.5, 0.6) is 11.6 Å². The molecule has 2 N–H and O–H groups in total. The molecule has 0 saturated carbocycles. The zero-order valence-corrected chi connectivity index (χ0v) is 15.1. The first kappa shape index (κ1) is 20.5. The van der Waals surface area contributed by atoms with Gasteiger partial charge in [-0.25, -0.2) is 4.39 Å². The van der Waals surface area contributed by atoms with Gasteiger partial charge in [-0.15, -0.1) is 10.2 Å². The zero-order valence-electron chi connectivity index (χ0n) is 15.1. The van der Waals surface area contributed by atoms with E-state index in [1.165, 1.54) is 13.0 Å². The molecule has 3 rings (SSSR count). The summed E-state index contributed by atoms with van der Waals surface area (Å²) in [5, 5.41) is 11.6. The van der Waals surface area contributed by atoms with Gasteiger partial charge in [0.2, 0.25) is 5.91 Å². The first-order valence-corrected chi connectivity index (χ1v) is 8.60. The molecule has 0 spiro atoms. The number of carbonyl (C=O) groups is 2. The van der Waals surface area contributed by atoms with Crippen molar-refractivity contribution in [2.75, 3.05) is 6.54 Å². The van der Waals surface area contributed by atoms with Gasteiger partial charge in [-0.05, 0) is 43.2 Å². The van der Waals surface area contributed by atoms with Gasteiger partial charge in [0.1, 0.15) is 17.1 Å². The smallest absolute Gasteiger partial charge is 0.435 e. The van der Waals surface area contributed by atoms with Gasteiger partial charge in [0.25, 0.3) is 11.8 Å². The summed E-state index contributed by atoms with van der Waals surface area (Å²) in [6.07, 6.45) is -4.29. The van der Waals surface area contributed by atoms with Crippen LogP contribution in [-0.2, 0) is 11.0 Å². The summed E-state index contributed by atoms with van der Waals surface area (Å²) in [6, 6.07) is 3.62. The van der Waals surface area contributed by atoms with E-state index in [4.69, 9.17) is 4.74 Å². The number of benzene rings is 1. The SMILES string of the molecule is Cc1cc(F)ccc1Oc1nnc(C(F)(F)F)cc1C(=O)NC1CCC(=O)NC1. The molecule has 1 fully saturated rings. The average molecular weight is 412 g/mol. The van der Waals surface area contributed by atoms with Gasteiger partial charge in [-0.2, -0.15) is 13.2 Å². The van der Waals surface area contributed by atoms with Gasteiger partial charge in [-0.1, -0.05) is 0 Å². The van der Waals surface area contributed by atoms with E-state index < -0.39 is 41.1 Å². The van der Waals surface area contributed by atoms with Crippen LogP contribution in [-0.4, -0.2) is 34.6 Å². The second-order valence-electron chi connectivity index (χ2n) is 6.47. The van der Waals surface area contributed by atoms with Crippen molar-refractivity contribution in [3.8, 4) is 11.6 Å². The van der Waals surface area contributed by atoms with Crippen molar-refractivity contribution in [1.29, 1.82) is 0 Å². The molecule has 2 heterocycles. The second kappa shape index (κ2) is 8.02. The van der Waals surface area contributed by atoms with Gasteiger partial charge in [-0.3, -0.25) is 9.59 Å². The number of piperidine rings is 1. The van der Waals surface area contributed by atoms with Crippen LogP contribution in [0.1, 0.15) is 34.5 Å². The molecule has 7 nitrogen and oxygen atoms in total. The average Bonchev–Trinajstić information content (AvgIpc) is 2.65. The molecule has 1 aromatic carbocycles. The molecule has 1 aliphatic heterocycles. The summed E-state index contributed by atoms with van der Waals surface area (Å²) in [7, 11) is 0. The largest absolute Gasteiger partial charge is 0.437 e. The van der Waals surface area contributed by atoms with E-state index in [0.29, 0.717) is 18.1 Å². The third-order valence-corrected chi connectivity index (χ3v) is 4.24. The number of ether oxygens (including phenoxy) is 1. The highest BCUT2D eigenvalue weighted by molar-refractivity contribution is 5.96. The van der Waals surface area contributed by atoms with E-state index in [1.54, 1.807) is 0 Å². The fraction of sp³-hybridized carbons (Fsp3) is 0.333. The molecule has 1 aromatic heterocycles. The maximum Gasteiger partial charge on any atom is 0.435 e.